The lowest BCUT2D eigenvalue weighted by Crippen LogP contribution is -2.08. The lowest BCUT2D eigenvalue weighted by atomic mass is 10.2. The Morgan fingerprint density at radius 1 is 1.11 bits per heavy atom. The minimum Gasteiger partial charge on any atom is -0.505 e. The monoisotopic (exact) mass is 249 g/mol. The number of nitrogens with zero attached hydrogens (tertiary/aromatic N) is 1. The smallest absolute Gasteiger partial charge is 0.218 e. The van der Waals surface area contributed by atoms with E-state index in [9.17, 15) is 18.7 Å². The highest BCUT2D eigenvalue weighted by molar-refractivity contribution is 5.78. The summed E-state index contributed by atoms with van der Waals surface area (Å²) in [5.41, 5.74) is -1.04. The SMILES string of the molecule is O=c1ccc2nc3ccc(O)c(F)c3oc-2c1F. The Kier molecular flexibility index (Phi) is 2.07. The highest BCUT2D eigenvalue weighted by Gasteiger charge is 2.19. The molecule has 0 amide bonds. The largest absolute Gasteiger partial charge is 0.505 e. The molecule has 1 N–H and O–H groups in total. The Bertz CT molecular complexity index is 797. The van der Waals surface area contributed by atoms with Gasteiger partial charge >= 0.3 is 0 Å². The van der Waals surface area contributed by atoms with Crippen LogP contribution in [0.15, 0.2) is 33.5 Å². The first-order valence-electron chi connectivity index (χ1n) is 4.98. The zero-order valence-electron chi connectivity index (χ0n) is 8.78. The second kappa shape index (κ2) is 3.49. The first-order chi connectivity index (χ1) is 8.58. The van der Waals surface area contributed by atoms with Crippen molar-refractivity contribution < 1.29 is 18.3 Å². The van der Waals surface area contributed by atoms with Gasteiger partial charge in [0.2, 0.25) is 17.1 Å². The summed E-state index contributed by atoms with van der Waals surface area (Å²) < 4.78 is 32.1. The maximum absolute atomic E-state index is 13.6. The fourth-order valence-corrected chi connectivity index (χ4v) is 1.67. The van der Waals surface area contributed by atoms with Gasteiger partial charge in [0.05, 0.1) is 0 Å². The average molecular weight is 249 g/mol. The fourth-order valence-electron chi connectivity index (χ4n) is 1.67. The molecule has 0 saturated heterocycles. The molecular weight excluding hydrogens is 244 g/mol. The number of aromatic hydroxyl groups is 1. The van der Waals surface area contributed by atoms with Gasteiger partial charge in [0.15, 0.2) is 17.1 Å². The molecule has 0 unspecified atom stereocenters. The highest BCUT2D eigenvalue weighted by Crippen LogP contribution is 2.30. The van der Waals surface area contributed by atoms with Crippen molar-refractivity contribution >= 4 is 11.1 Å². The van der Waals surface area contributed by atoms with Crippen LogP contribution in [-0.2, 0) is 0 Å². The number of rotatable bonds is 0. The molecular formula is C12H5F2NO3. The second-order valence-electron chi connectivity index (χ2n) is 3.69. The molecule has 0 fully saturated rings. The van der Waals surface area contributed by atoms with Gasteiger partial charge in [-0.05, 0) is 24.3 Å². The molecule has 6 heteroatoms. The van der Waals surface area contributed by atoms with Crippen LogP contribution in [-0.4, -0.2) is 10.1 Å². The molecule has 0 saturated carbocycles. The van der Waals surface area contributed by atoms with E-state index in [0.29, 0.717) is 0 Å². The lowest BCUT2D eigenvalue weighted by Gasteiger charge is -2.07. The Labute approximate surface area is 98.5 Å². The summed E-state index contributed by atoms with van der Waals surface area (Å²) in [6, 6.07) is 4.75. The van der Waals surface area contributed by atoms with Crippen LogP contribution in [0.2, 0.25) is 0 Å². The molecule has 0 radical (unpaired) electrons. The summed E-state index contributed by atoms with van der Waals surface area (Å²) in [7, 11) is 0. The van der Waals surface area contributed by atoms with Crippen LogP contribution in [0.25, 0.3) is 22.6 Å². The summed E-state index contributed by atoms with van der Waals surface area (Å²) >= 11 is 0. The zero-order chi connectivity index (χ0) is 12.9. The van der Waals surface area contributed by atoms with Crippen LogP contribution in [0.4, 0.5) is 8.78 Å². The summed E-state index contributed by atoms with van der Waals surface area (Å²) in [4.78, 5) is 15.1. The molecule has 0 aromatic heterocycles. The van der Waals surface area contributed by atoms with Crippen molar-refractivity contribution in [2.75, 3.05) is 0 Å². The van der Waals surface area contributed by atoms with Gasteiger partial charge in [0, 0.05) is 0 Å². The van der Waals surface area contributed by atoms with Gasteiger partial charge in [-0.3, -0.25) is 4.79 Å². The maximum Gasteiger partial charge on any atom is 0.218 e. The zero-order valence-corrected chi connectivity index (χ0v) is 8.78. The van der Waals surface area contributed by atoms with Crippen molar-refractivity contribution in [3.63, 3.8) is 0 Å². The van der Waals surface area contributed by atoms with Crippen molar-refractivity contribution in [3.8, 4) is 17.2 Å². The van der Waals surface area contributed by atoms with Crippen LogP contribution in [0.5, 0.6) is 5.75 Å². The van der Waals surface area contributed by atoms with Crippen LogP contribution >= 0.6 is 0 Å². The van der Waals surface area contributed by atoms with Gasteiger partial charge in [0.25, 0.3) is 0 Å². The van der Waals surface area contributed by atoms with Gasteiger partial charge in [0.1, 0.15) is 11.2 Å². The molecule has 0 bridgehead atoms. The number of hydrogen-bond donors (Lipinski definition) is 1. The van der Waals surface area contributed by atoms with E-state index >= 15 is 0 Å². The van der Waals surface area contributed by atoms with Crippen molar-refractivity contribution in [1.82, 2.24) is 4.98 Å². The Hall–Kier alpha value is -2.50. The van der Waals surface area contributed by atoms with Crippen molar-refractivity contribution in [2.24, 2.45) is 0 Å². The standard InChI is InChI=1S/C12H5F2NO3/c13-9-7(16)3-1-5-11(9)18-12-6(15-5)2-4-8(17)10(12)14/h1-4,16H. The fraction of sp³-hybridized carbons (Fsp3) is 0. The third kappa shape index (κ3) is 1.35. The lowest BCUT2D eigenvalue weighted by molar-refractivity contribution is 0.426. The number of aromatic nitrogens is 1. The summed E-state index contributed by atoms with van der Waals surface area (Å²) in [6.45, 7) is 0. The quantitative estimate of drug-likeness (QED) is 0.621. The molecule has 3 rings (SSSR count). The maximum atomic E-state index is 13.6. The van der Waals surface area contributed by atoms with E-state index in [1.165, 1.54) is 12.1 Å². The van der Waals surface area contributed by atoms with E-state index in [-0.39, 0.29) is 11.2 Å². The predicted molar refractivity (Wildman–Crippen MR) is 58.5 cm³/mol. The molecule has 1 aromatic carbocycles. The molecule has 1 aliphatic heterocycles. The second-order valence-corrected chi connectivity index (χ2v) is 3.69. The molecule has 1 heterocycles. The van der Waals surface area contributed by atoms with E-state index in [0.717, 1.165) is 12.1 Å². The van der Waals surface area contributed by atoms with Gasteiger partial charge < -0.3 is 9.52 Å². The van der Waals surface area contributed by atoms with Crippen molar-refractivity contribution in [3.05, 3.63) is 46.1 Å². The van der Waals surface area contributed by atoms with Crippen LogP contribution in [0.1, 0.15) is 0 Å². The number of hydrogen-bond acceptors (Lipinski definition) is 4. The summed E-state index contributed by atoms with van der Waals surface area (Å²) in [6.07, 6.45) is 0. The van der Waals surface area contributed by atoms with Crippen LogP contribution < -0.4 is 5.43 Å². The number of halogens is 2. The van der Waals surface area contributed by atoms with E-state index in [1.807, 2.05) is 0 Å². The van der Waals surface area contributed by atoms with Gasteiger partial charge in [-0.15, -0.1) is 0 Å². The minimum absolute atomic E-state index is 0.102. The van der Waals surface area contributed by atoms with E-state index in [1.54, 1.807) is 0 Å². The average Bonchev–Trinajstić information content (AvgIpc) is 2.37. The molecule has 90 valence electrons. The van der Waals surface area contributed by atoms with Crippen molar-refractivity contribution in [2.45, 2.75) is 0 Å². The molecule has 4 nitrogen and oxygen atoms in total. The highest BCUT2D eigenvalue weighted by atomic mass is 19.1. The molecule has 1 aromatic rings. The number of benzene rings is 2. The topological polar surface area (TPSA) is 63.3 Å². The van der Waals surface area contributed by atoms with Gasteiger partial charge in [-0.2, -0.15) is 8.78 Å². The van der Waals surface area contributed by atoms with E-state index < -0.39 is 34.2 Å². The molecule has 1 aliphatic carbocycles. The summed E-state index contributed by atoms with van der Waals surface area (Å²) in [5.74, 6) is -3.24. The van der Waals surface area contributed by atoms with E-state index in [4.69, 9.17) is 4.42 Å². The molecule has 0 spiro atoms. The number of phenols is 1. The minimum atomic E-state index is -1.13. The van der Waals surface area contributed by atoms with Crippen LogP contribution in [0.3, 0.4) is 0 Å². The first-order valence-corrected chi connectivity index (χ1v) is 4.98. The van der Waals surface area contributed by atoms with Crippen molar-refractivity contribution in [1.29, 1.82) is 0 Å². The predicted octanol–water partition coefficient (Wildman–Crippen LogP) is 2.28. The third-order valence-corrected chi connectivity index (χ3v) is 2.54. The first kappa shape index (κ1) is 10.6. The molecule has 0 atom stereocenters. The number of fused-ring (bicyclic) bond motifs is 2. The van der Waals surface area contributed by atoms with Crippen LogP contribution in [0, 0.1) is 11.6 Å². The Morgan fingerprint density at radius 2 is 1.89 bits per heavy atom. The molecule has 2 aliphatic rings. The summed E-state index contributed by atoms with van der Waals surface area (Å²) in [5, 5.41) is 9.19. The normalized spacial score (nSPS) is 11.2. The van der Waals surface area contributed by atoms with Gasteiger partial charge in [-0.25, -0.2) is 4.98 Å². The third-order valence-electron chi connectivity index (χ3n) is 2.54. The van der Waals surface area contributed by atoms with E-state index in [2.05, 4.69) is 4.98 Å². The Balaban J connectivity index is 2.54. The number of phenolic OH excluding ortho intramolecular Hbond substituents is 1. The van der Waals surface area contributed by atoms with Gasteiger partial charge in [-0.1, -0.05) is 0 Å². The molecule has 18 heavy (non-hydrogen) atoms. The Morgan fingerprint density at radius 3 is 2.67 bits per heavy atom.